The second kappa shape index (κ2) is 7.09. The smallest absolute Gasteiger partial charge is 0.253 e. The van der Waals surface area contributed by atoms with Gasteiger partial charge in [0, 0.05) is 44.8 Å². The van der Waals surface area contributed by atoms with E-state index in [1.54, 1.807) is 36.3 Å². The molecule has 1 aromatic rings. The van der Waals surface area contributed by atoms with Crippen molar-refractivity contribution in [2.24, 2.45) is 0 Å². The lowest BCUT2D eigenvalue weighted by atomic mass is 10.0. The number of rotatable bonds is 4. The summed E-state index contributed by atoms with van der Waals surface area (Å²) in [6, 6.07) is 7.14. The van der Waals surface area contributed by atoms with E-state index in [-0.39, 0.29) is 5.91 Å². The van der Waals surface area contributed by atoms with Crippen LogP contribution >= 0.6 is 0 Å². The molecular formula is C18H27N3O3. The van der Waals surface area contributed by atoms with Gasteiger partial charge in [0.15, 0.2) is 0 Å². The highest BCUT2D eigenvalue weighted by atomic mass is 16.5. The first-order valence-electron chi connectivity index (χ1n) is 8.56. The van der Waals surface area contributed by atoms with Gasteiger partial charge in [0.2, 0.25) is 0 Å². The maximum Gasteiger partial charge on any atom is 0.253 e. The summed E-state index contributed by atoms with van der Waals surface area (Å²) < 4.78 is 5.13. The molecule has 2 aliphatic rings. The van der Waals surface area contributed by atoms with Crippen LogP contribution in [0, 0.1) is 0 Å². The van der Waals surface area contributed by atoms with Crippen LogP contribution in [0.4, 0.5) is 0 Å². The number of nitrogens with zero attached hydrogens (tertiary/aromatic N) is 3. The van der Waals surface area contributed by atoms with Gasteiger partial charge in [0.05, 0.1) is 19.3 Å². The number of carbonyl (C=O) groups is 1. The van der Waals surface area contributed by atoms with Crippen LogP contribution in [-0.2, 0) is 0 Å². The average molecular weight is 333 g/mol. The van der Waals surface area contributed by atoms with Crippen LogP contribution < -0.4 is 4.74 Å². The van der Waals surface area contributed by atoms with Crippen molar-refractivity contribution in [3.05, 3.63) is 29.8 Å². The number of ether oxygens (including phenoxy) is 1. The number of carbonyl (C=O) groups excluding carboxylic acids is 1. The van der Waals surface area contributed by atoms with Gasteiger partial charge in [-0.25, -0.2) is 0 Å². The Morgan fingerprint density at radius 2 is 1.83 bits per heavy atom. The Balaban J connectivity index is 1.58. The molecular weight excluding hydrogens is 306 g/mol. The van der Waals surface area contributed by atoms with E-state index in [1.807, 2.05) is 0 Å². The highest BCUT2D eigenvalue weighted by Gasteiger charge is 2.40. The van der Waals surface area contributed by atoms with Crippen LogP contribution in [0.3, 0.4) is 0 Å². The number of β-amino-alcohol motifs (C(OH)–C–C–N with tert-alkyl or cyclic N) is 1. The normalized spacial score (nSPS) is 25.9. The lowest BCUT2D eigenvalue weighted by Crippen LogP contribution is -2.52. The maximum atomic E-state index is 12.6. The molecule has 1 amide bonds. The summed E-state index contributed by atoms with van der Waals surface area (Å²) in [7, 11) is 3.73. The fourth-order valence-corrected chi connectivity index (χ4v) is 3.50. The molecule has 1 atom stereocenters. The number of aliphatic hydroxyl groups is 1. The fraction of sp³-hybridized carbons (Fsp3) is 0.611. The van der Waals surface area contributed by atoms with Gasteiger partial charge >= 0.3 is 0 Å². The zero-order chi connectivity index (χ0) is 17.2. The molecule has 2 saturated heterocycles. The Hall–Kier alpha value is -1.63. The predicted octanol–water partition coefficient (Wildman–Crippen LogP) is 0.520. The first kappa shape index (κ1) is 17.2. The van der Waals surface area contributed by atoms with Crippen molar-refractivity contribution in [2.45, 2.75) is 12.0 Å². The molecule has 0 aliphatic carbocycles. The Labute approximate surface area is 143 Å². The number of amides is 1. The third-order valence-corrected chi connectivity index (χ3v) is 5.07. The summed E-state index contributed by atoms with van der Waals surface area (Å²) in [5.41, 5.74) is -0.155. The standard InChI is InChI=1S/C18H27N3O3/c1-19-9-11-20(12-10-19)13-18(23)7-8-21(14-18)17(22)15-3-5-16(24-2)6-4-15/h3-6,23H,7-14H2,1-2H3/t18-/m1/s1. The molecule has 0 saturated carbocycles. The van der Waals surface area contributed by atoms with E-state index in [9.17, 15) is 9.90 Å². The predicted molar refractivity (Wildman–Crippen MR) is 92.4 cm³/mol. The van der Waals surface area contributed by atoms with Crippen molar-refractivity contribution in [1.29, 1.82) is 0 Å². The van der Waals surface area contributed by atoms with Crippen LogP contribution in [0.2, 0.25) is 0 Å². The molecule has 24 heavy (non-hydrogen) atoms. The van der Waals surface area contributed by atoms with E-state index in [1.165, 1.54) is 0 Å². The lowest BCUT2D eigenvalue weighted by molar-refractivity contribution is 0.000525. The SMILES string of the molecule is COc1ccc(C(=O)N2CC[C@@](O)(CN3CCN(C)CC3)C2)cc1. The minimum atomic E-state index is -0.794. The molecule has 1 N–H and O–H groups in total. The number of methoxy groups -OCH3 is 1. The first-order valence-corrected chi connectivity index (χ1v) is 8.56. The summed E-state index contributed by atoms with van der Waals surface area (Å²) in [5, 5.41) is 10.9. The summed E-state index contributed by atoms with van der Waals surface area (Å²) in [6.45, 7) is 5.68. The van der Waals surface area contributed by atoms with Gasteiger partial charge in [-0.2, -0.15) is 0 Å². The van der Waals surface area contributed by atoms with Crippen molar-refractivity contribution < 1.29 is 14.6 Å². The molecule has 6 heteroatoms. The first-order chi connectivity index (χ1) is 11.5. The molecule has 1 aromatic carbocycles. The number of benzene rings is 1. The number of likely N-dealkylation sites (N-methyl/N-ethyl adjacent to an activating group) is 1. The van der Waals surface area contributed by atoms with Crippen LogP contribution in [0.5, 0.6) is 5.75 Å². The lowest BCUT2D eigenvalue weighted by Gasteiger charge is -2.36. The van der Waals surface area contributed by atoms with Gasteiger partial charge in [0.1, 0.15) is 5.75 Å². The van der Waals surface area contributed by atoms with Gasteiger partial charge in [-0.15, -0.1) is 0 Å². The van der Waals surface area contributed by atoms with E-state index in [4.69, 9.17) is 4.74 Å². The van der Waals surface area contributed by atoms with Crippen molar-refractivity contribution in [1.82, 2.24) is 14.7 Å². The minimum absolute atomic E-state index is 0.0213. The van der Waals surface area contributed by atoms with Crippen molar-refractivity contribution in [3.63, 3.8) is 0 Å². The average Bonchev–Trinajstić information content (AvgIpc) is 2.98. The number of piperazine rings is 1. The molecule has 6 nitrogen and oxygen atoms in total. The second-order valence-electron chi connectivity index (χ2n) is 7.01. The molecule has 2 fully saturated rings. The highest BCUT2D eigenvalue weighted by Crippen LogP contribution is 2.25. The van der Waals surface area contributed by atoms with Crippen LogP contribution in [0.25, 0.3) is 0 Å². The summed E-state index contributed by atoms with van der Waals surface area (Å²) in [5.74, 6) is 0.714. The molecule has 2 heterocycles. The fourth-order valence-electron chi connectivity index (χ4n) is 3.50. The highest BCUT2D eigenvalue weighted by molar-refractivity contribution is 5.94. The largest absolute Gasteiger partial charge is 0.497 e. The molecule has 0 unspecified atom stereocenters. The van der Waals surface area contributed by atoms with Crippen molar-refractivity contribution >= 4 is 5.91 Å². The molecule has 2 aliphatic heterocycles. The molecule has 132 valence electrons. The van der Waals surface area contributed by atoms with E-state index in [0.717, 1.165) is 31.9 Å². The number of hydrogen-bond acceptors (Lipinski definition) is 5. The summed E-state index contributed by atoms with van der Waals surface area (Å²) in [4.78, 5) is 19.0. The van der Waals surface area contributed by atoms with Crippen LogP contribution in [-0.4, -0.2) is 91.3 Å². The van der Waals surface area contributed by atoms with Crippen LogP contribution in [0.15, 0.2) is 24.3 Å². The quantitative estimate of drug-likeness (QED) is 0.871. The number of hydrogen-bond donors (Lipinski definition) is 1. The topological polar surface area (TPSA) is 56.2 Å². The molecule has 3 rings (SSSR count). The maximum absolute atomic E-state index is 12.6. The van der Waals surface area contributed by atoms with Gasteiger partial charge < -0.3 is 19.6 Å². The Morgan fingerprint density at radius 1 is 1.17 bits per heavy atom. The van der Waals surface area contributed by atoms with Crippen LogP contribution in [0.1, 0.15) is 16.8 Å². The summed E-state index contributed by atoms with van der Waals surface area (Å²) >= 11 is 0. The van der Waals surface area contributed by atoms with E-state index in [0.29, 0.717) is 31.6 Å². The second-order valence-corrected chi connectivity index (χ2v) is 7.01. The molecule has 0 spiro atoms. The van der Waals surface area contributed by atoms with Crippen molar-refractivity contribution in [3.8, 4) is 5.75 Å². The third-order valence-electron chi connectivity index (χ3n) is 5.07. The minimum Gasteiger partial charge on any atom is -0.497 e. The van der Waals surface area contributed by atoms with Gasteiger partial charge in [-0.05, 0) is 37.7 Å². The van der Waals surface area contributed by atoms with E-state index >= 15 is 0 Å². The Bertz CT molecular complexity index is 569. The Morgan fingerprint density at radius 3 is 2.46 bits per heavy atom. The molecule has 0 bridgehead atoms. The molecule has 0 radical (unpaired) electrons. The van der Waals surface area contributed by atoms with Gasteiger partial charge in [0.25, 0.3) is 5.91 Å². The van der Waals surface area contributed by atoms with E-state index < -0.39 is 5.60 Å². The van der Waals surface area contributed by atoms with Gasteiger partial charge in [-0.1, -0.05) is 0 Å². The van der Waals surface area contributed by atoms with E-state index in [2.05, 4.69) is 16.8 Å². The Kier molecular flexibility index (Phi) is 5.08. The summed E-state index contributed by atoms with van der Waals surface area (Å²) in [6.07, 6.45) is 0.640. The molecule has 0 aromatic heterocycles. The van der Waals surface area contributed by atoms with Gasteiger partial charge in [-0.3, -0.25) is 9.69 Å². The third kappa shape index (κ3) is 3.88. The van der Waals surface area contributed by atoms with Crippen molar-refractivity contribution in [2.75, 3.05) is 60.0 Å². The number of likely N-dealkylation sites (tertiary alicyclic amines) is 1. The monoisotopic (exact) mass is 333 g/mol. The zero-order valence-electron chi connectivity index (χ0n) is 14.6. The zero-order valence-corrected chi connectivity index (χ0v) is 14.6.